The lowest BCUT2D eigenvalue weighted by Gasteiger charge is -2.47. The van der Waals surface area contributed by atoms with Crippen LogP contribution in [-0.4, -0.2) is 38.4 Å². The minimum absolute atomic E-state index is 0.106. The van der Waals surface area contributed by atoms with Gasteiger partial charge in [-0.05, 0) is 28.8 Å². The molecule has 1 aliphatic carbocycles. The fraction of sp³-hybridized carbons (Fsp3) is 0.643. The Kier molecular flexibility index (Phi) is 3.86. The van der Waals surface area contributed by atoms with Crippen LogP contribution in [0.5, 0.6) is 0 Å². The van der Waals surface area contributed by atoms with Gasteiger partial charge in [-0.25, -0.2) is 0 Å². The van der Waals surface area contributed by atoms with E-state index in [0.717, 1.165) is 18.6 Å². The Morgan fingerprint density at radius 2 is 2.53 bits per heavy atom. The number of ether oxygens (including phenoxy) is 2. The number of carbonyl (C=O) groups excluding carboxylic acids is 1. The number of hydrogen-bond acceptors (Lipinski definition) is 4. The second-order valence-electron chi connectivity index (χ2n) is 5.31. The summed E-state index contributed by atoms with van der Waals surface area (Å²) in [5, 5.41) is 7.19. The molecule has 2 fully saturated rings. The van der Waals surface area contributed by atoms with E-state index in [1.165, 1.54) is 0 Å². The Morgan fingerprint density at radius 1 is 1.63 bits per heavy atom. The van der Waals surface area contributed by atoms with Crippen molar-refractivity contribution >= 4 is 17.2 Å². The Hall–Kier alpha value is -0.910. The first-order valence-electron chi connectivity index (χ1n) is 6.70. The maximum absolute atomic E-state index is 12.1. The first kappa shape index (κ1) is 13.1. The summed E-state index contributed by atoms with van der Waals surface area (Å²) in [6, 6.07) is 2.22. The summed E-state index contributed by atoms with van der Waals surface area (Å²) in [6.45, 7) is 1.47. The van der Waals surface area contributed by atoms with Gasteiger partial charge in [0.1, 0.15) is 0 Å². The van der Waals surface area contributed by atoms with E-state index in [4.69, 9.17) is 9.47 Å². The topological polar surface area (TPSA) is 47.6 Å². The Balaban J connectivity index is 1.57. The van der Waals surface area contributed by atoms with E-state index in [0.29, 0.717) is 24.9 Å². The van der Waals surface area contributed by atoms with Crippen LogP contribution in [0.2, 0.25) is 0 Å². The molecule has 0 radical (unpaired) electrons. The van der Waals surface area contributed by atoms with Gasteiger partial charge in [-0.15, -0.1) is 0 Å². The highest BCUT2D eigenvalue weighted by molar-refractivity contribution is 7.07. The summed E-state index contributed by atoms with van der Waals surface area (Å²) >= 11 is 1.62. The van der Waals surface area contributed by atoms with Crippen LogP contribution in [0.25, 0.3) is 0 Å². The third kappa shape index (κ3) is 2.55. The van der Waals surface area contributed by atoms with E-state index >= 15 is 0 Å². The van der Waals surface area contributed by atoms with Crippen molar-refractivity contribution in [1.29, 1.82) is 0 Å². The lowest BCUT2D eigenvalue weighted by molar-refractivity contribution is -0.129. The van der Waals surface area contributed by atoms with Crippen LogP contribution in [0.3, 0.4) is 0 Å². The van der Waals surface area contributed by atoms with E-state index in [-0.39, 0.29) is 18.1 Å². The van der Waals surface area contributed by atoms with Gasteiger partial charge >= 0.3 is 0 Å². The fourth-order valence-corrected chi connectivity index (χ4v) is 3.92. The van der Waals surface area contributed by atoms with Crippen LogP contribution in [0.15, 0.2) is 16.8 Å². The molecule has 3 rings (SSSR count). The number of methoxy groups -OCH3 is 1. The van der Waals surface area contributed by atoms with Crippen LogP contribution >= 0.6 is 11.3 Å². The smallest absolute Gasteiger partial charge is 0.224 e. The van der Waals surface area contributed by atoms with Gasteiger partial charge in [0, 0.05) is 31.6 Å². The molecule has 2 aliphatic rings. The van der Waals surface area contributed by atoms with Gasteiger partial charge in [0.25, 0.3) is 0 Å². The molecule has 2 heterocycles. The molecular formula is C14H19NO3S. The third-order valence-corrected chi connectivity index (χ3v) is 4.89. The molecule has 0 aromatic carbocycles. The number of hydrogen-bond donors (Lipinski definition) is 1. The van der Waals surface area contributed by atoms with E-state index in [2.05, 4.69) is 5.32 Å². The minimum Gasteiger partial charge on any atom is -0.384 e. The number of rotatable bonds is 5. The molecule has 4 atom stereocenters. The minimum atomic E-state index is 0.106. The second-order valence-corrected chi connectivity index (χ2v) is 6.09. The van der Waals surface area contributed by atoms with Gasteiger partial charge in [0.2, 0.25) is 5.91 Å². The fourth-order valence-electron chi connectivity index (χ4n) is 3.25. The van der Waals surface area contributed by atoms with Crippen molar-refractivity contribution in [1.82, 2.24) is 5.32 Å². The highest BCUT2D eigenvalue weighted by Crippen LogP contribution is 2.43. The summed E-state index contributed by atoms with van der Waals surface area (Å²) in [6.07, 6.45) is 1.80. The molecule has 0 spiro atoms. The van der Waals surface area contributed by atoms with Crippen LogP contribution in [0.4, 0.5) is 0 Å². The van der Waals surface area contributed by atoms with Crippen LogP contribution in [-0.2, 0) is 20.7 Å². The van der Waals surface area contributed by atoms with Crippen molar-refractivity contribution in [2.75, 3.05) is 20.3 Å². The molecular weight excluding hydrogens is 262 g/mol. The third-order valence-electron chi connectivity index (χ3n) is 4.16. The van der Waals surface area contributed by atoms with Crippen molar-refractivity contribution in [2.24, 2.45) is 11.8 Å². The van der Waals surface area contributed by atoms with E-state index in [1.807, 2.05) is 16.8 Å². The van der Waals surface area contributed by atoms with Crippen molar-refractivity contribution < 1.29 is 14.3 Å². The van der Waals surface area contributed by atoms with Crippen LogP contribution in [0.1, 0.15) is 12.0 Å². The SMILES string of the molecule is COC[C@@H]1[C@H](NC(=O)Cc2ccsc2)[C@@H]2CCO[C@H]12. The monoisotopic (exact) mass is 281 g/mol. The Labute approximate surface area is 117 Å². The summed E-state index contributed by atoms with van der Waals surface area (Å²) in [7, 11) is 1.70. The maximum atomic E-state index is 12.1. The number of thiophene rings is 1. The summed E-state index contributed by atoms with van der Waals surface area (Å²) in [4.78, 5) is 12.1. The summed E-state index contributed by atoms with van der Waals surface area (Å²) in [5.41, 5.74) is 1.09. The Bertz CT molecular complexity index is 434. The zero-order chi connectivity index (χ0) is 13.2. The van der Waals surface area contributed by atoms with Gasteiger partial charge in [-0.2, -0.15) is 11.3 Å². The van der Waals surface area contributed by atoms with Gasteiger partial charge in [-0.3, -0.25) is 4.79 Å². The second kappa shape index (κ2) is 5.61. The molecule has 4 nitrogen and oxygen atoms in total. The first-order chi connectivity index (χ1) is 9.29. The molecule has 104 valence electrons. The molecule has 5 heteroatoms. The normalized spacial score (nSPS) is 32.7. The molecule has 1 amide bonds. The number of nitrogens with one attached hydrogen (secondary N) is 1. The number of fused-ring (bicyclic) bond motifs is 1. The molecule has 1 aliphatic heterocycles. The Morgan fingerprint density at radius 3 is 3.26 bits per heavy atom. The molecule has 0 bridgehead atoms. The lowest BCUT2D eigenvalue weighted by Crippen LogP contribution is -2.62. The van der Waals surface area contributed by atoms with Crippen LogP contribution < -0.4 is 5.32 Å². The van der Waals surface area contributed by atoms with Gasteiger partial charge < -0.3 is 14.8 Å². The van der Waals surface area contributed by atoms with Crippen LogP contribution in [0, 0.1) is 11.8 Å². The van der Waals surface area contributed by atoms with E-state index in [1.54, 1.807) is 18.4 Å². The molecule has 0 unspecified atom stereocenters. The number of carbonyl (C=O) groups is 1. The zero-order valence-electron chi connectivity index (χ0n) is 11.0. The molecule has 1 aromatic rings. The van der Waals surface area contributed by atoms with Crippen molar-refractivity contribution in [3.05, 3.63) is 22.4 Å². The van der Waals surface area contributed by atoms with Gasteiger partial charge in [0.15, 0.2) is 0 Å². The molecule has 19 heavy (non-hydrogen) atoms. The average Bonchev–Trinajstić information content (AvgIpc) is 3.02. The van der Waals surface area contributed by atoms with Crippen molar-refractivity contribution in [3.8, 4) is 0 Å². The molecule has 1 N–H and O–H groups in total. The van der Waals surface area contributed by atoms with E-state index < -0.39 is 0 Å². The zero-order valence-corrected chi connectivity index (χ0v) is 11.8. The van der Waals surface area contributed by atoms with E-state index in [9.17, 15) is 4.79 Å². The lowest BCUT2D eigenvalue weighted by atomic mass is 9.67. The maximum Gasteiger partial charge on any atom is 0.224 e. The highest BCUT2D eigenvalue weighted by Gasteiger charge is 2.54. The van der Waals surface area contributed by atoms with Gasteiger partial charge in [-0.1, -0.05) is 0 Å². The standard InChI is InChI=1S/C14H19NO3S/c1-17-7-11-13(10-2-4-18-14(10)11)15-12(16)6-9-3-5-19-8-9/h3,5,8,10-11,13-14H,2,4,6-7H2,1H3,(H,15,16)/t10-,11+,13+,14-/m0/s1. The summed E-state index contributed by atoms with van der Waals surface area (Å²) < 4.78 is 10.9. The molecule has 1 aromatic heterocycles. The van der Waals surface area contributed by atoms with Crippen molar-refractivity contribution in [3.63, 3.8) is 0 Å². The largest absolute Gasteiger partial charge is 0.384 e. The number of amides is 1. The molecule has 1 saturated carbocycles. The van der Waals surface area contributed by atoms with Crippen molar-refractivity contribution in [2.45, 2.75) is 25.0 Å². The summed E-state index contributed by atoms with van der Waals surface area (Å²) in [5.74, 6) is 0.894. The quantitative estimate of drug-likeness (QED) is 0.889. The average molecular weight is 281 g/mol. The predicted octanol–water partition coefficient (Wildman–Crippen LogP) is 1.46. The highest BCUT2D eigenvalue weighted by atomic mass is 32.1. The predicted molar refractivity (Wildman–Crippen MR) is 73.2 cm³/mol. The van der Waals surface area contributed by atoms with Gasteiger partial charge in [0.05, 0.1) is 19.1 Å². The first-order valence-corrected chi connectivity index (χ1v) is 7.65. The molecule has 1 saturated heterocycles.